The number of nitrogen functional groups attached to an aromatic ring is 1. The van der Waals surface area contributed by atoms with Gasteiger partial charge in [-0.25, -0.2) is 4.98 Å². The fourth-order valence-electron chi connectivity index (χ4n) is 4.87. The topological polar surface area (TPSA) is 118 Å². The van der Waals surface area contributed by atoms with E-state index in [0.29, 0.717) is 18.0 Å². The Morgan fingerprint density at radius 2 is 1.97 bits per heavy atom. The monoisotopic (exact) mass is 438 g/mol. The summed E-state index contributed by atoms with van der Waals surface area (Å²) in [4.78, 5) is 34.5. The molecule has 2 amide bonds. The van der Waals surface area contributed by atoms with E-state index in [0.717, 1.165) is 69.7 Å². The molecule has 3 N–H and O–H groups in total. The number of piperidine rings is 1. The van der Waals surface area contributed by atoms with Gasteiger partial charge in [0.2, 0.25) is 11.8 Å². The van der Waals surface area contributed by atoms with Crippen molar-refractivity contribution in [2.24, 2.45) is 5.92 Å². The van der Waals surface area contributed by atoms with Gasteiger partial charge in [-0.05, 0) is 57.6 Å². The van der Waals surface area contributed by atoms with Gasteiger partial charge in [-0.1, -0.05) is 5.16 Å². The van der Waals surface area contributed by atoms with Crippen molar-refractivity contribution in [1.29, 1.82) is 0 Å². The Morgan fingerprint density at radius 1 is 1.19 bits per heavy atom. The lowest BCUT2D eigenvalue weighted by Gasteiger charge is -2.34. The van der Waals surface area contributed by atoms with Crippen LogP contribution in [0.2, 0.25) is 0 Å². The molecule has 2 aromatic rings. The first-order chi connectivity index (χ1) is 15.5. The van der Waals surface area contributed by atoms with Gasteiger partial charge in [0, 0.05) is 32.2 Å². The number of carbonyl (C=O) groups excluding carboxylic acids is 2. The van der Waals surface area contributed by atoms with Gasteiger partial charge in [0.15, 0.2) is 5.76 Å². The number of hydrogen-bond acceptors (Lipinski definition) is 7. The number of aryl methyl sites for hydroxylation is 1. The first-order valence-electron chi connectivity index (χ1n) is 11.5. The maximum Gasteiger partial charge on any atom is 0.238 e. The normalized spacial score (nSPS) is 22.1. The highest BCUT2D eigenvalue weighted by molar-refractivity contribution is 6.02. The van der Waals surface area contributed by atoms with E-state index in [-0.39, 0.29) is 23.6 Å². The summed E-state index contributed by atoms with van der Waals surface area (Å²) in [5.74, 6) is 1.73. The Hall–Kier alpha value is -3.10. The quantitative estimate of drug-likeness (QED) is 0.736. The summed E-state index contributed by atoms with van der Waals surface area (Å²) >= 11 is 0. The smallest absolute Gasteiger partial charge is 0.238 e. The van der Waals surface area contributed by atoms with Crippen molar-refractivity contribution in [3.8, 4) is 0 Å². The molecule has 32 heavy (non-hydrogen) atoms. The number of rotatable bonds is 5. The lowest BCUT2D eigenvalue weighted by atomic mass is 9.96. The van der Waals surface area contributed by atoms with Crippen LogP contribution in [0.15, 0.2) is 22.7 Å². The number of likely N-dealkylation sites (tertiary alicyclic amines) is 1. The fourth-order valence-corrected chi connectivity index (χ4v) is 4.87. The molecule has 2 aromatic heterocycles. The average Bonchev–Trinajstić information content (AvgIpc) is 3.20. The predicted molar refractivity (Wildman–Crippen MR) is 120 cm³/mol. The zero-order valence-corrected chi connectivity index (χ0v) is 18.5. The number of aromatic nitrogens is 2. The van der Waals surface area contributed by atoms with Crippen LogP contribution < -0.4 is 16.0 Å². The number of amides is 2. The molecule has 4 heterocycles. The number of hydrogen-bond donors (Lipinski definition) is 2. The van der Waals surface area contributed by atoms with E-state index >= 15 is 0 Å². The Kier molecular flexibility index (Phi) is 5.27. The fraction of sp³-hybridized carbons (Fsp3) is 0.565. The maximum atomic E-state index is 13.0. The van der Waals surface area contributed by atoms with Gasteiger partial charge < -0.3 is 25.4 Å². The largest absolute Gasteiger partial charge is 0.382 e. The van der Waals surface area contributed by atoms with E-state index in [1.165, 1.54) is 0 Å². The Morgan fingerprint density at radius 3 is 2.62 bits per heavy atom. The summed E-state index contributed by atoms with van der Waals surface area (Å²) in [5.41, 5.74) is 6.80. The molecule has 3 aliphatic rings. The van der Waals surface area contributed by atoms with E-state index in [1.807, 2.05) is 24.0 Å². The van der Waals surface area contributed by atoms with Gasteiger partial charge in [-0.3, -0.25) is 9.59 Å². The molecule has 2 aliphatic heterocycles. The van der Waals surface area contributed by atoms with E-state index in [4.69, 9.17) is 10.3 Å². The van der Waals surface area contributed by atoms with Gasteiger partial charge in [0.1, 0.15) is 17.1 Å². The summed E-state index contributed by atoms with van der Waals surface area (Å²) in [6, 6.07) is 5.48. The van der Waals surface area contributed by atoms with Gasteiger partial charge in [0.05, 0.1) is 17.3 Å². The molecule has 9 nitrogen and oxygen atoms in total. The van der Waals surface area contributed by atoms with Gasteiger partial charge in [-0.2, -0.15) is 0 Å². The van der Waals surface area contributed by atoms with Crippen molar-refractivity contribution in [1.82, 2.24) is 15.0 Å². The SMILES string of the molecule is Cc1cc(C2(C(=O)Nc3ccc(N4CCCC(C(=O)N5CCCC5)C4)nc3N)CC2)on1. The molecule has 1 atom stereocenters. The summed E-state index contributed by atoms with van der Waals surface area (Å²) < 4.78 is 5.35. The molecule has 1 saturated carbocycles. The highest BCUT2D eigenvalue weighted by Gasteiger charge is 2.54. The second-order valence-electron chi connectivity index (χ2n) is 9.29. The molecule has 1 unspecified atom stereocenters. The maximum absolute atomic E-state index is 13.0. The second-order valence-corrected chi connectivity index (χ2v) is 9.29. The zero-order chi connectivity index (χ0) is 22.3. The van der Waals surface area contributed by atoms with Crippen molar-refractivity contribution in [3.05, 3.63) is 29.7 Å². The third-order valence-corrected chi connectivity index (χ3v) is 6.95. The number of pyridine rings is 1. The Labute approximate surface area is 187 Å². The molecule has 0 bridgehead atoms. The van der Waals surface area contributed by atoms with Crippen LogP contribution in [0.3, 0.4) is 0 Å². The first kappa shape index (κ1) is 20.8. The number of anilines is 3. The zero-order valence-electron chi connectivity index (χ0n) is 18.5. The highest BCUT2D eigenvalue weighted by atomic mass is 16.5. The van der Waals surface area contributed by atoms with Crippen LogP contribution in [-0.4, -0.2) is 53.0 Å². The van der Waals surface area contributed by atoms with E-state index in [2.05, 4.69) is 20.4 Å². The average molecular weight is 439 g/mol. The van der Waals surface area contributed by atoms with Crippen molar-refractivity contribution in [2.75, 3.05) is 42.1 Å². The molecule has 9 heteroatoms. The number of carbonyl (C=O) groups is 2. The van der Waals surface area contributed by atoms with E-state index in [9.17, 15) is 9.59 Å². The van der Waals surface area contributed by atoms with Crippen LogP contribution in [0.25, 0.3) is 0 Å². The molecule has 2 saturated heterocycles. The van der Waals surface area contributed by atoms with Crippen molar-refractivity contribution in [3.63, 3.8) is 0 Å². The molecule has 0 aromatic carbocycles. The minimum atomic E-state index is -0.664. The van der Waals surface area contributed by atoms with Crippen molar-refractivity contribution >= 4 is 29.1 Å². The van der Waals surface area contributed by atoms with Gasteiger partial charge in [0.25, 0.3) is 0 Å². The lowest BCUT2D eigenvalue weighted by molar-refractivity contribution is -0.134. The Balaban J connectivity index is 1.26. The lowest BCUT2D eigenvalue weighted by Crippen LogP contribution is -2.44. The van der Waals surface area contributed by atoms with Crippen LogP contribution in [-0.2, 0) is 15.0 Å². The van der Waals surface area contributed by atoms with Gasteiger partial charge >= 0.3 is 0 Å². The minimum absolute atomic E-state index is 0.00402. The second kappa shape index (κ2) is 8.11. The molecule has 0 spiro atoms. The van der Waals surface area contributed by atoms with Crippen LogP contribution >= 0.6 is 0 Å². The molecular formula is C23H30N6O3. The number of nitrogens with two attached hydrogens (primary N) is 1. The highest BCUT2D eigenvalue weighted by Crippen LogP contribution is 2.49. The van der Waals surface area contributed by atoms with Crippen molar-refractivity contribution < 1.29 is 14.1 Å². The third kappa shape index (κ3) is 3.80. The van der Waals surface area contributed by atoms with Crippen LogP contribution in [0.1, 0.15) is 50.0 Å². The first-order valence-corrected chi connectivity index (χ1v) is 11.5. The van der Waals surface area contributed by atoms with Crippen LogP contribution in [0.4, 0.5) is 17.3 Å². The molecule has 170 valence electrons. The summed E-state index contributed by atoms with van der Waals surface area (Å²) in [6.45, 7) is 5.09. The number of nitrogens with zero attached hydrogens (tertiary/aromatic N) is 4. The van der Waals surface area contributed by atoms with E-state index < -0.39 is 5.41 Å². The third-order valence-electron chi connectivity index (χ3n) is 6.95. The van der Waals surface area contributed by atoms with E-state index in [1.54, 1.807) is 6.07 Å². The van der Waals surface area contributed by atoms with Crippen LogP contribution in [0.5, 0.6) is 0 Å². The molecule has 5 rings (SSSR count). The minimum Gasteiger partial charge on any atom is -0.382 e. The standard InChI is InChI=1S/C23H30N6O3/c1-15-13-18(32-27-15)23(8-9-23)22(31)25-17-6-7-19(26-20(17)24)29-12-4-5-16(14-29)21(30)28-10-2-3-11-28/h6-7,13,16H,2-5,8-12,14H2,1H3,(H2,24,26)(H,25,31). The predicted octanol–water partition coefficient (Wildman–Crippen LogP) is 2.47. The summed E-state index contributed by atoms with van der Waals surface area (Å²) in [5, 5.41) is 6.83. The molecule has 0 radical (unpaired) electrons. The van der Waals surface area contributed by atoms with Crippen LogP contribution in [0, 0.1) is 12.8 Å². The van der Waals surface area contributed by atoms with Gasteiger partial charge in [-0.15, -0.1) is 0 Å². The van der Waals surface area contributed by atoms with Crippen molar-refractivity contribution in [2.45, 2.75) is 50.9 Å². The number of nitrogens with one attached hydrogen (secondary N) is 1. The molecular weight excluding hydrogens is 408 g/mol. The Bertz CT molecular complexity index is 1020. The molecule has 1 aliphatic carbocycles. The molecule has 3 fully saturated rings. The summed E-state index contributed by atoms with van der Waals surface area (Å²) in [6.07, 6.45) is 5.51. The summed E-state index contributed by atoms with van der Waals surface area (Å²) in [7, 11) is 0.